The van der Waals surface area contributed by atoms with Crippen molar-refractivity contribution in [1.82, 2.24) is 0 Å². The summed E-state index contributed by atoms with van der Waals surface area (Å²) in [6, 6.07) is 7.64. The second-order valence-corrected chi connectivity index (χ2v) is 10.1. The smallest absolute Gasteiger partial charge is 0.490 e. The average Bonchev–Trinajstić information content (AvgIpc) is 2.61. The Balaban J connectivity index is 1.59. The van der Waals surface area contributed by atoms with Gasteiger partial charge < -0.3 is 14.0 Å². The van der Waals surface area contributed by atoms with Crippen molar-refractivity contribution in [1.29, 1.82) is 0 Å². The molecule has 1 aliphatic heterocycles. The third-order valence-electron chi connectivity index (χ3n) is 5.37. The Morgan fingerprint density at radius 1 is 1.04 bits per heavy atom. The molecule has 1 aromatic rings. The molecule has 24 heavy (non-hydrogen) atoms. The number of hydrogen-bond acceptors (Lipinski definition) is 5. The van der Waals surface area contributed by atoms with Crippen LogP contribution in [-0.4, -0.2) is 44.3 Å². The van der Waals surface area contributed by atoms with Crippen LogP contribution in [0.1, 0.15) is 40.5 Å². The van der Waals surface area contributed by atoms with E-state index in [9.17, 15) is 8.42 Å². The van der Waals surface area contributed by atoms with Crippen molar-refractivity contribution < 1.29 is 22.5 Å². The van der Waals surface area contributed by atoms with Crippen molar-refractivity contribution in [2.75, 3.05) is 6.26 Å². The summed E-state index contributed by atoms with van der Waals surface area (Å²) in [5.41, 5.74) is 0.224. The van der Waals surface area contributed by atoms with Gasteiger partial charge in [0, 0.05) is 19.1 Å². The largest absolute Gasteiger partial charge is 0.494 e. The Hall–Kier alpha value is -1.05. The molecule has 2 aliphatic rings. The molecule has 2 fully saturated rings. The molecule has 5 nitrogen and oxygen atoms in total. The van der Waals surface area contributed by atoms with Gasteiger partial charge in [0.15, 0.2) is 9.84 Å². The molecule has 1 heterocycles. The third-order valence-corrected chi connectivity index (χ3v) is 6.96. The highest BCUT2D eigenvalue weighted by Crippen LogP contribution is 2.36. The minimum absolute atomic E-state index is 0.0209. The minimum atomic E-state index is -2.94. The highest BCUT2D eigenvalue weighted by molar-refractivity contribution is 7.91. The van der Waals surface area contributed by atoms with E-state index in [0.717, 1.165) is 11.2 Å². The number of hydrogen-bond donors (Lipinski definition) is 0. The molecule has 0 bridgehead atoms. The first-order valence-electron chi connectivity index (χ1n) is 8.29. The van der Waals surface area contributed by atoms with E-state index in [4.69, 9.17) is 14.0 Å². The van der Waals surface area contributed by atoms with Crippen LogP contribution in [0.2, 0.25) is 0 Å². The molecule has 0 amide bonds. The van der Waals surface area contributed by atoms with Crippen LogP contribution < -0.4 is 10.2 Å². The predicted octanol–water partition coefficient (Wildman–Crippen LogP) is 1.94. The Kier molecular flexibility index (Phi) is 4.26. The summed E-state index contributed by atoms with van der Waals surface area (Å²) in [5, 5.41) is -0.258. The lowest BCUT2D eigenvalue weighted by Crippen LogP contribution is -2.42. The molecule has 0 radical (unpaired) electrons. The fourth-order valence-electron chi connectivity index (χ4n) is 2.84. The van der Waals surface area contributed by atoms with Gasteiger partial charge >= 0.3 is 7.12 Å². The number of rotatable bonds is 4. The van der Waals surface area contributed by atoms with E-state index >= 15 is 0 Å². The summed E-state index contributed by atoms with van der Waals surface area (Å²) >= 11 is 0. The van der Waals surface area contributed by atoms with Crippen molar-refractivity contribution in [3.63, 3.8) is 0 Å². The number of sulfone groups is 1. The van der Waals surface area contributed by atoms with Gasteiger partial charge in [-0.25, -0.2) is 8.42 Å². The van der Waals surface area contributed by atoms with Gasteiger partial charge in [-0.3, -0.25) is 0 Å². The Labute approximate surface area is 144 Å². The van der Waals surface area contributed by atoms with Crippen LogP contribution >= 0.6 is 0 Å². The van der Waals surface area contributed by atoms with Gasteiger partial charge in [0.1, 0.15) is 11.9 Å². The first-order chi connectivity index (χ1) is 11.0. The van der Waals surface area contributed by atoms with Gasteiger partial charge in [-0.05, 0) is 45.3 Å². The second-order valence-electron chi connectivity index (χ2n) is 7.82. The van der Waals surface area contributed by atoms with Crippen molar-refractivity contribution >= 4 is 22.4 Å². The Morgan fingerprint density at radius 3 is 2.00 bits per heavy atom. The molecular weight excluding hydrogens is 327 g/mol. The number of ether oxygens (including phenoxy) is 1. The molecule has 1 saturated carbocycles. The molecular formula is C17H25BO5S. The first kappa shape index (κ1) is 17.8. The zero-order chi connectivity index (χ0) is 17.8. The molecule has 1 saturated heterocycles. The Bertz CT molecular complexity index is 689. The van der Waals surface area contributed by atoms with E-state index < -0.39 is 9.84 Å². The van der Waals surface area contributed by atoms with Crippen LogP contribution in [0.15, 0.2) is 24.3 Å². The van der Waals surface area contributed by atoms with E-state index in [0.29, 0.717) is 12.8 Å². The molecule has 3 rings (SSSR count). The normalized spacial score (nSPS) is 28.5. The van der Waals surface area contributed by atoms with Gasteiger partial charge in [-0.15, -0.1) is 0 Å². The summed E-state index contributed by atoms with van der Waals surface area (Å²) < 4.78 is 40.7. The standard InChI is InChI=1S/C17H25BO5S/c1-16(2)17(3,4)23-18(22-16)12-6-8-13(9-7-12)21-14-10-15(11-14)24(5,19)20/h6-9,14-15H,10-11H2,1-5H3. The van der Waals surface area contributed by atoms with E-state index in [1.54, 1.807) is 0 Å². The van der Waals surface area contributed by atoms with Gasteiger partial charge in [0.2, 0.25) is 0 Å². The average molecular weight is 352 g/mol. The lowest BCUT2D eigenvalue weighted by Gasteiger charge is -2.33. The van der Waals surface area contributed by atoms with Crippen LogP contribution in [0.5, 0.6) is 5.75 Å². The fourth-order valence-corrected chi connectivity index (χ4v) is 3.97. The quantitative estimate of drug-likeness (QED) is 0.775. The van der Waals surface area contributed by atoms with Crippen LogP contribution in [0.4, 0.5) is 0 Å². The van der Waals surface area contributed by atoms with Gasteiger partial charge in [0.25, 0.3) is 0 Å². The molecule has 0 aromatic heterocycles. The molecule has 0 spiro atoms. The number of benzene rings is 1. The van der Waals surface area contributed by atoms with Gasteiger partial charge in [-0.1, -0.05) is 12.1 Å². The van der Waals surface area contributed by atoms with Crippen LogP contribution in [0, 0.1) is 0 Å². The predicted molar refractivity (Wildman–Crippen MR) is 94.4 cm³/mol. The third kappa shape index (κ3) is 3.34. The van der Waals surface area contributed by atoms with Crippen molar-refractivity contribution in [3.05, 3.63) is 24.3 Å². The minimum Gasteiger partial charge on any atom is -0.490 e. The van der Waals surface area contributed by atoms with Crippen LogP contribution in [-0.2, 0) is 19.1 Å². The van der Waals surface area contributed by atoms with Crippen LogP contribution in [0.3, 0.4) is 0 Å². The van der Waals surface area contributed by atoms with E-state index in [-0.39, 0.29) is 29.7 Å². The molecule has 0 atom stereocenters. The Morgan fingerprint density at radius 2 is 1.54 bits per heavy atom. The lowest BCUT2D eigenvalue weighted by atomic mass is 9.79. The maximum absolute atomic E-state index is 11.4. The summed E-state index contributed by atoms with van der Waals surface area (Å²) in [4.78, 5) is 0. The molecule has 1 aliphatic carbocycles. The fraction of sp³-hybridized carbons (Fsp3) is 0.647. The highest BCUT2D eigenvalue weighted by Gasteiger charge is 2.51. The lowest BCUT2D eigenvalue weighted by molar-refractivity contribution is 0.00578. The van der Waals surface area contributed by atoms with Crippen molar-refractivity contribution in [2.45, 2.75) is 63.1 Å². The van der Waals surface area contributed by atoms with E-state index in [1.807, 2.05) is 52.0 Å². The maximum Gasteiger partial charge on any atom is 0.494 e. The summed E-state index contributed by atoms with van der Waals surface area (Å²) in [5.74, 6) is 0.743. The molecule has 7 heteroatoms. The molecule has 132 valence electrons. The topological polar surface area (TPSA) is 61.8 Å². The molecule has 1 aromatic carbocycles. The molecule has 0 N–H and O–H groups in total. The summed E-state index contributed by atoms with van der Waals surface area (Å²) in [6.07, 6.45) is 2.40. The summed E-state index contributed by atoms with van der Waals surface area (Å²) in [7, 11) is -3.33. The maximum atomic E-state index is 11.4. The summed E-state index contributed by atoms with van der Waals surface area (Å²) in [6.45, 7) is 8.11. The van der Waals surface area contributed by atoms with E-state index in [2.05, 4.69) is 0 Å². The van der Waals surface area contributed by atoms with Crippen molar-refractivity contribution in [3.8, 4) is 5.75 Å². The van der Waals surface area contributed by atoms with Gasteiger partial charge in [0.05, 0.1) is 16.5 Å². The van der Waals surface area contributed by atoms with Crippen LogP contribution in [0.25, 0.3) is 0 Å². The first-order valence-corrected chi connectivity index (χ1v) is 10.2. The molecule has 0 unspecified atom stereocenters. The zero-order valence-electron chi connectivity index (χ0n) is 14.9. The van der Waals surface area contributed by atoms with Gasteiger partial charge in [-0.2, -0.15) is 0 Å². The second kappa shape index (κ2) is 5.75. The van der Waals surface area contributed by atoms with Crippen molar-refractivity contribution in [2.24, 2.45) is 0 Å². The van der Waals surface area contributed by atoms with E-state index in [1.165, 1.54) is 6.26 Å². The zero-order valence-corrected chi connectivity index (χ0v) is 15.7. The SMILES string of the molecule is CC1(C)OB(c2ccc(OC3CC(S(C)(=O)=O)C3)cc2)OC1(C)C. The monoisotopic (exact) mass is 352 g/mol. The highest BCUT2D eigenvalue weighted by atomic mass is 32.2.